The average molecular weight is 190 g/mol. The number of hydrogen-bond acceptors (Lipinski definition) is 6. The predicted molar refractivity (Wildman–Crippen MR) is 40.3 cm³/mol. The molecular weight excluding hydrogens is 179 g/mol. The van der Waals surface area contributed by atoms with Crippen molar-refractivity contribution in [2.75, 3.05) is 26.4 Å². The van der Waals surface area contributed by atoms with Crippen LogP contribution in [0, 0.1) is 5.41 Å². The maximum Gasteiger partial charge on any atom is 0.643 e. The second-order valence-corrected chi connectivity index (χ2v) is 3.34. The molecule has 0 amide bonds. The van der Waals surface area contributed by atoms with Gasteiger partial charge in [0.05, 0.1) is 31.8 Å². The van der Waals surface area contributed by atoms with E-state index in [9.17, 15) is 0 Å². The number of aliphatic hydroxyl groups is 3. The van der Waals surface area contributed by atoms with Crippen molar-refractivity contribution in [2.45, 2.75) is 5.79 Å². The summed E-state index contributed by atoms with van der Waals surface area (Å²) in [5.41, 5.74) is -1.19. The number of rotatable bonds is 4. The normalized spacial score (nSPS) is 24.7. The zero-order valence-electron chi connectivity index (χ0n) is 6.97. The van der Waals surface area contributed by atoms with E-state index < -0.39 is 38.3 Å². The summed E-state index contributed by atoms with van der Waals surface area (Å²) in [5.74, 6) is -1.17. The van der Waals surface area contributed by atoms with E-state index in [1.807, 2.05) is 0 Å². The van der Waals surface area contributed by atoms with E-state index in [1.54, 1.807) is 0 Å². The second-order valence-electron chi connectivity index (χ2n) is 3.34. The fourth-order valence-corrected chi connectivity index (χ4v) is 1.55. The molecule has 0 aromatic carbocycles. The van der Waals surface area contributed by atoms with E-state index >= 15 is 0 Å². The molecule has 3 aliphatic rings. The molecule has 6 nitrogen and oxygen atoms in total. The first-order valence-corrected chi connectivity index (χ1v) is 4.02. The lowest BCUT2D eigenvalue weighted by molar-refractivity contribution is -0.283. The topological polar surface area (TPSA) is 88.4 Å². The van der Waals surface area contributed by atoms with Crippen molar-refractivity contribution in [2.24, 2.45) is 5.41 Å². The smallest absolute Gasteiger partial charge is 0.395 e. The van der Waals surface area contributed by atoms with Crippen LogP contribution in [0.2, 0.25) is 0 Å². The minimum Gasteiger partial charge on any atom is -0.395 e. The first-order chi connectivity index (χ1) is 6.22. The molecule has 3 fully saturated rings. The highest BCUT2D eigenvalue weighted by molar-refractivity contribution is 6.40. The molecule has 0 aliphatic carbocycles. The second kappa shape index (κ2) is 2.91. The minimum atomic E-state index is -1.19. The van der Waals surface area contributed by atoms with Crippen LogP contribution in [0.4, 0.5) is 0 Å². The van der Waals surface area contributed by atoms with Crippen LogP contribution in [0.3, 0.4) is 0 Å². The lowest BCUT2D eigenvalue weighted by Crippen LogP contribution is -2.65. The van der Waals surface area contributed by atoms with Gasteiger partial charge in [0, 0.05) is 0 Å². The van der Waals surface area contributed by atoms with E-state index in [4.69, 9.17) is 29.3 Å². The summed E-state index contributed by atoms with van der Waals surface area (Å²) >= 11 is 0. The number of aliphatic hydroxyl groups excluding tert-OH is 3. The van der Waals surface area contributed by atoms with Crippen molar-refractivity contribution in [3.8, 4) is 0 Å². The highest BCUT2D eigenvalue weighted by atomic mass is 16.9. The van der Waals surface area contributed by atoms with Crippen LogP contribution in [0.5, 0.6) is 0 Å². The molecule has 3 heterocycles. The maximum absolute atomic E-state index is 9.09. The van der Waals surface area contributed by atoms with Crippen LogP contribution in [0.25, 0.3) is 0 Å². The first-order valence-electron chi connectivity index (χ1n) is 4.02. The highest BCUT2D eigenvalue weighted by Crippen LogP contribution is 2.47. The molecule has 0 saturated carbocycles. The van der Waals surface area contributed by atoms with E-state index in [1.165, 1.54) is 0 Å². The van der Waals surface area contributed by atoms with Crippen molar-refractivity contribution in [1.29, 1.82) is 0 Å². The molecule has 0 radical (unpaired) electrons. The third-order valence-electron chi connectivity index (χ3n) is 2.70. The highest BCUT2D eigenvalue weighted by Gasteiger charge is 2.69. The van der Waals surface area contributed by atoms with Crippen LogP contribution >= 0.6 is 0 Å². The van der Waals surface area contributed by atoms with Gasteiger partial charge in [0.2, 0.25) is 0 Å². The number of hydrogen-bond donors (Lipinski definition) is 3. The van der Waals surface area contributed by atoms with Gasteiger partial charge >= 0.3 is 7.32 Å². The van der Waals surface area contributed by atoms with Gasteiger partial charge in [0.25, 0.3) is 0 Å². The van der Waals surface area contributed by atoms with Crippen LogP contribution in [-0.2, 0) is 14.0 Å². The molecular formula is C6H11BO6. The van der Waals surface area contributed by atoms with Crippen molar-refractivity contribution in [1.82, 2.24) is 0 Å². The molecule has 0 unspecified atom stereocenters. The van der Waals surface area contributed by atoms with Gasteiger partial charge in [0.15, 0.2) is 5.79 Å². The van der Waals surface area contributed by atoms with Gasteiger partial charge in [-0.15, -0.1) is 0 Å². The SMILES string of the molecule is OCC(CO)(CO)C12COB(O1)O2. The van der Waals surface area contributed by atoms with Crippen LogP contribution in [0.1, 0.15) is 0 Å². The van der Waals surface area contributed by atoms with Crippen LogP contribution in [-0.4, -0.2) is 54.9 Å². The van der Waals surface area contributed by atoms with E-state index in [2.05, 4.69) is 0 Å². The Morgan fingerprint density at radius 2 is 1.69 bits per heavy atom. The van der Waals surface area contributed by atoms with E-state index in [0.29, 0.717) is 0 Å². The molecule has 3 saturated heterocycles. The van der Waals surface area contributed by atoms with Crippen LogP contribution in [0.15, 0.2) is 0 Å². The monoisotopic (exact) mass is 190 g/mol. The Labute approximate surface area is 75.2 Å². The van der Waals surface area contributed by atoms with Crippen molar-refractivity contribution in [3.63, 3.8) is 0 Å². The summed E-state index contributed by atoms with van der Waals surface area (Å²) in [6, 6.07) is 0. The standard InChI is InChI=1S/C6H11BO6/c8-1-5(2-9,3-10)6-4-11-7(12-6)13-6/h8-10H,1-4H2. The third-order valence-corrected chi connectivity index (χ3v) is 2.70. The molecule has 0 aromatic rings. The molecule has 0 aromatic heterocycles. The summed E-state index contributed by atoms with van der Waals surface area (Å²) in [7, 11) is -0.705. The lowest BCUT2D eigenvalue weighted by atomic mass is 9.79. The zero-order valence-corrected chi connectivity index (χ0v) is 6.97. The Hall–Kier alpha value is -0.175. The zero-order chi connectivity index (χ0) is 9.53. The fourth-order valence-electron chi connectivity index (χ4n) is 1.55. The summed E-state index contributed by atoms with van der Waals surface area (Å²) in [6.45, 7) is -1.14. The molecule has 74 valence electrons. The van der Waals surface area contributed by atoms with Gasteiger partial charge < -0.3 is 29.3 Å². The fraction of sp³-hybridized carbons (Fsp3) is 1.00. The molecule has 3 N–H and O–H groups in total. The summed E-state index contributed by atoms with van der Waals surface area (Å²) < 4.78 is 15.3. The van der Waals surface area contributed by atoms with Gasteiger partial charge in [-0.2, -0.15) is 0 Å². The van der Waals surface area contributed by atoms with Crippen molar-refractivity contribution >= 4 is 7.32 Å². The van der Waals surface area contributed by atoms with Gasteiger partial charge in [-0.3, -0.25) is 0 Å². The largest absolute Gasteiger partial charge is 0.643 e. The summed E-state index contributed by atoms with van der Waals surface area (Å²) in [6.07, 6.45) is 0. The molecule has 0 atom stereocenters. The van der Waals surface area contributed by atoms with E-state index in [-0.39, 0.29) is 6.61 Å². The maximum atomic E-state index is 9.09. The van der Waals surface area contributed by atoms with Gasteiger partial charge in [-0.25, -0.2) is 0 Å². The van der Waals surface area contributed by atoms with E-state index in [0.717, 1.165) is 0 Å². The summed E-state index contributed by atoms with van der Waals surface area (Å²) in [5, 5.41) is 27.3. The molecule has 2 bridgehead atoms. The van der Waals surface area contributed by atoms with Crippen molar-refractivity contribution < 1.29 is 29.3 Å². The lowest BCUT2D eigenvalue weighted by Gasteiger charge is -2.47. The summed E-state index contributed by atoms with van der Waals surface area (Å²) in [4.78, 5) is 0. The Balaban J connectivity index is 2.19. The Morgan fingerprint density at radius 1 is 1.15 bits per heavy atom. The average Bonchev–Trinajstić information content (AvgIpc) is 2.67. The predicted octanol–water partition coefficient (Wildman–Crippen LogP) is -2.29. The van der Waals surface area contributed by atoms with Gasteiger partial charge in [-0.05, 0) is 0 Å². The molecule has 3 aliphatic heterocycles. The molecule has 13 heavy (non-hydrogen) atoms. The molecule has 3 rings (SSSR count). The van der Waals surface area contributed by atoms with Gasteiger partial charge in [0.1, 0.15) is 0 Å². The Bertz CT molecular complexity index is 186. The minimum absolute atomic E-state index is 0.124. The van der Waals surface area contributed by atoms with Crippen LogP contribution < -0.4 is 0 Å². The molecule has 7 heteroatoms. The Kier molecular flexibility index (Phi) is 2.10. The first kappa shape index (κ1) is 9.38. The van der Waals surface area contributed by atoms with Crippen molar-refractivity contribution in [3.05, 3.63) is 0 Å². The molecule has 0 spiro atoms. The third kappa shape index (κ3) is 0.998. The Morgan fingerprint density at radius 3 is 2.00 bits per heavy atom. The quantitative estimate of drug-likeness (QED) is 0.432. The number of fused-ring (bicyclic) bond motifs is 1. The van der Waals surface area contributed by atoms with Gasteiger partial charge in [-0.1, -0.05) is 0 Å².